The molecule has 0 aliphatic rings. The lowest BCUT2D eigenvalue weighted by molar-refractivity contribution is -0.659. The van der Waals surface area contributed by atoms with Gasteiger partial charge >= 0.3 is 0 Å². The van der Waals surface area contributed by atoms with E-state index in [2.05, 4.69) is 152 Å². The molecule has 0 aliphatic carbocycles. The van der Waals surface area contributed by atoms with Gasteiger partial charge in [-0.05, 0) is 47.5 Å². The number of aryl methyl sites for hydroxylation is 2. The first-order valence-electron chi connectivity index (χ1n) is 14.7. The van der Waals surface area contributed by atoms with Crippen molar-refractivity contribution in [3.8, 4) is 16.9 Å². The summed E-state index contributed by atoms with van der Waals surface area (Å²) in [7, 11) is 0.646. The summed E-state index contributed by atoms with van der Waals surface area (Å²) in [6.45, 7) is 9.46. The summed E-state index contributed by atoms with van der Waals surface area (Å²) in [4.78, 5) is 0. The molecule has 0 amide bonds. The Hall–Kier alpha value is -4.67. The van der Waals surface area contributed by atoms with Crippen LogP contribution in [0.4, 0.5) is 0 Å². The van der Waals surface area contributed by atoms with E-state index in [1.165, 1.54) is 54.4 Å². The quantitative estimate of drug-likeness (QED) is 0.156. The third-order valence-corrected chi connectivity index (χ3v) is 10.9. The number of pyridine rings is 1. The molecule has 4 heteroatoms. The van der Waals surface area contributed by atoms with Gasteiger partial charge in [0.1, 0.15) is 23.7 Å². The molecule has 0 bridgehead atoms. The molecule has 5 aromatic carbocycles. The van der Waals surface area contributed by atoms with E-state index in [9.17, 15) is 0 Å². The van der Waals surface area contributed by atoms with E-state index in [4.69, 9.17) is 4.42 Å². The Labute approximate surface area is 246 Å². The van der Waals surface area contributed by atoms with Crippen LogP contribution in [0, 0.1) is 6.92 Å². The maximum absolute atomic E-state index is 6.71. The molecule has 3 heterocycles. The van der Waals surface area contributed by atoms with Crippen LogP contribution >= 0.6 is 0 Å². The SMILES string of the molecule is Cc1ccc2c(oc3ccc4ccccc4c32)c1-c1cc2c3cc([Si](C)(C)C)ccc3n(-c3ccccc3)c2c[n+]1C. The maximum Gasteiger partial charge on any atom is 0.217 e. The molecule has 0 aliphatic heterocycles. The van der Waals surface area contributed by atoms with Crippen LogP contribution in [0.15, 0.2) is 114 Å². The zero-order valence-corrected chi connectivity index (χ0v) is 25.7. The largest absolute Gasteiger partial charge is 0.455 e. The smallest absolute Gasteiger partial charge is 0.217 e. The third-order valence-electron chi connectivity index (χ3n) is 8.90. The van der Waals surface area contributed by atoms with Crippen molar-refractivity contribution in [2.24, 2.45) is 7.05 Å². The van der Waals surface area contributed by atoms with E-state index in [1.807, 2.05) is 0 Å². The van der Waals surface area contributed by atoms with Crippen molar-refractivity contribution in [1.29, 1.82) is 0 Å². The van der Waals surface area contributed by atoms with Gasteiger partial charge < -0.3 is 8.98 Å². The lowest BCUT2D eigenvalue weighted by atomic mass is 9.98. The first-order chi connectivity index (χ1) is 20.3. The van der Waals surface area contributed by atoms with E-state index in [1.54, 1.807) is 0 Å². The minimum Gasteiger partial charge on any atom is -0.455 e. The Bertz CT molecular complexity index is 2350. The normalized spacial score (nSPS) is 12.4. The van der Waals surface area contributed by atoms with E-state index in [0.717, 1.165) is 27.8 Å². The van der Waals surface area contributed by atoms with Crippen molar-refractivity contribution in [3.05, 3.63) is 115 Å². The second-order valence-electron chi connectivity index (χ2n) is 12.6. The summed E-state index contributed by atoms with van der Waals surface area (Å²) >= 11 is 0. The Balaban J connectivity index is 1.48. The van der Waals surface area contributed by atoms with Crippen LogP contribution < -0.4 is 9.75 Å². The van der Waals surface area contributed by atoms with Gasteiger partial charge in [-0.3, -0.25) is 0 Å². The number of para-hydroxylation sites is 1. The van der Waals surface area contributed by atoms with E-state index in [0.29, 0.717) is 0 Å². The maximum atomic E-state index is 6.71. The molecule has 0 atom stereocenters. The second-order valence-corrected chi connectivity index (χ2v) is 17.7. The molecule has 3 nitrogen and oxygen atoms in total. The molecule has 0 radical (unpaired) electrons. The van der Waals surface area contributed by atoms with Gasteiger partial charge in [-0.2, -0.15) is 4.57 Å². The molecule has 3 aromatic heterocycles. The minimum atomic E-state index is -1.51. The predicted molar refractivity (Wildman–Crippen MR) is 180 cm³/mol. The number of aromatic nitrogens is 2. The van der Waals surface area contributed by atoms with Gasteiger partial charge in [0, 0.05) is 33.3 Å². The zero-order chi connectivity index (χ0) is 28.7. The van der Waals surface area contributed by atoms with Gasteiger partial charge in [0.2, 0.25) is 5.69 Å². The van der Waals surface area contributed by atoms with E-state index < -0.39 is 8.07 Å². The van der Waals surface area contributed by atoms with Crippen molar-refractivity contribution in [2.75, 3.05) is 0 Å². The minimum absolute atomic E-state index is 0.930. The van der Waals surface area contributed by atoms with Crippen LogP contribution in [0.2, 0.25) is 19.6 Å². The van der Waals surface area contributed by atoms with Crippen molar-refractivity contribution >= 4 is 67.8 Å². The summed E-state index contributed by atoms with van der Waals surface area (Å²) < 4.78 is 11.4. The molecule has 8 rings (SSSR count). The fourth-order valence-electron chi connectivity index (χ4n) is 6.70. The summed E-state index contributed by atoms with van der Waals surface area (Å²) in [6, 6.07) is 37.6. The molecule has 0 saturated carbocycles. The highest BCUT2D eigenvalue weighted by Crippen LogP contribution is 2.41. The van der Waals surface area contributed by atoms with Crippen LogP contribution in [0.3, 0.4) is 0 Å². The van der Waals surface area contributed by atoms with E-state index >= 15 is 0 Å². The molecule has 0 saturated heterocycles. The lowest BCUT2D eigenvalue weighted by Crippen LogP contribution is -2.37. The number of benzene rings is 5. The summed E-state index contributed by atoms with van der Waals surface area (Å²) in [5.41, 5.74) is 9.00. The van der Waals surface area contributed by atoms with Crippen LogP contribution in [0.25, 0.3) is 71.5 Å². The molecule has 0 spiro atoms. The molecule has 204 valence electrons. The van der Waals surface area contributed by atoms with Crippen LogP contribution in [0.1, 0.15) is 5.56 Å². The standard InChI is InChI=1S/C38H33N2OSi/c1-24-15-18-29-37-28-14-10-9-11-25(28)16-20-35(37)41-38(29)36(24)33-22-31-30-21-27(42(3,4)5)17-19-32(30)40(34(31)23-39(33)2)26-12-7-6-8-13-26/h6-23H,1-5H3/q+1. The highest BCUT2D eigenvalue weighted by atomic mass is 28.3. The van der Waals surface area contributed by atoms with Crippen molar-refractivity contribution in [2.45, 2.75) is 26.6 Å². The van der Waals surface area contributed by atoms with Gasteiger partial charge in [0.15, 0.2) is 6.20 Å². The average molecular weight is 562 g/mol. The molecule has 42 heavy (non-hydrogen) atoms. The highest BCUT2D eigenvalue weighted by molar-refractivity contribution is 6.88. The number of rotatable bonds is 3. The summed E-state index contributed by atoms with van der Waals surface area (Å²) in [5.74, 6) is 0. The molecule has 0 N–H and O–H groups in total. The molecule has 0 unspecified atom stereocenters. The van der Waals surface area contributed by atoms with Gasteiger partial charge in [-0.25, -0.2) is 0 Å². The predicted octanol–water partition coefficient (Wildman–Crippen LogP) is 9.18. The number of fused-ring (bicyclic) bond motifs is 8. The average Bonchev–Trinajstić information content (AvgIpc) is 3.52. The number of nitrogens with zero attached hydrogens (tertiary/aromatic N) is 2. The van der Waals surface area contributed by atoms with Gasteiger partial charge in [0.25, 0.3) is 0 Å². The topological polar surface area (TPSA) is 21.9 Å². The molecular formula is C38H33N2OSi+. The lowest BCUT2D eigenvalue weighted by Gasteiger charge is -2.16. The Kier molecular flexibility index (Phi) is 5.32. The number of hydrogen-bond donors (Lipinski definition) is 0. The van der Waals surface area contributed by atoms with Gasteiger partial charge in [-0.15, -0.1) is 0 Å². The summed E-state index contributed by atoms with van der Waals surface area (Å²) in [6.07, 6.45) is 2.29. The van der Waals surface area contributed by atoms with Crippen molar-refractivity contribution in [3.63, 3.8) is 0 Å². The Morgan fingerprint density at radius 2 is 1.45 bits per heavy atom. The van der Waals surface area contributed by atoms with Crippen LogP contribution in [0.5, 0.6) is 0 Å². The van der Waals surface area contributed by atoms with E-state index in [-0.39, 0.29) is 0 Å². The Morgan fingerprint density at radius 3 is 2.26 bits per heavy atom. The molecule has 0 fully saturated rings. The fraction of sp³-hybridized carbons (Fsp3) is 0.132. The first-order valence-corrected chi connectivity index (χ1v) is 18.2. The number of furan rings is 1. The van der Waals surface area contributed by atoms with Crippen molar-refractivity contribution in [1.82, 2.24) is 4.57 Å². The van der Waals surface area contributed by atoms with Gasteiger partial charge in [0.05, 0.1) is 19.2 Å². The van der Waals surface area contributed by atoms with Crippen LogP contribution in [-0.2, 0) is 7.05 Å². The number of hydrogen-bond acceptors (Lipinski definition) is 1. The molecule has 8 aromatic rings. The molecular weight excluding hydrogens is 529 g/mol. The van der Waals surface area contributed by atoms with Crippen LogP contribution in [-0.4, -0.2) is 12.6 Å². The second kappa shape index (κ2) is 8.91. The monoisotopic (exact) mass is 561 g/mol. The zero-order valence-electron chi connectivity index (χ0n) is 24.7. The highest BCUT2D eigenvalue weighted by Gasteiger charge is 2.26. The first kappa shape index (κ1) is 25.1. The van der Waals surface area contributed by atoms with Gasteiger partial charge in [-0.1, -0.05) is 97.6 Å². The Morgan fingerprint density at radius 1 is 0.690 bits per heavy atom. The third kappa shape index (κ3) is 3.61. The fourth-order valence-corrected chi connectivity index (χ4v) is 7.86. The van der Waals surface area contributed by atoms with Crippen molar-refractivity contribution < 1.29 is 8.98 Å². The summed E-state index contributed by atoms with van der Waals surface area (Å²) in [5, 5.41) is 8.85.